The van der Waals surface area contributed by atoms with Gasteiger partial charge in [-0.25, -0.2) is 4.79 Å². The maximum atomic E-state index is 11.8. The number of carboxylic acids is 1. The van der Waals surface area contributed by atoms with Gasteiger partial charge in [0.15, 0.2) is 0 Å². The minimum Gasteiger partial charge on any atom is -0.481 e. The summed E-state index contributed by atoms with van der Waals surface area (Å²) in [7, 11) is 1.81. The van der Waals surface area contributed by atoms with Gasteiger partial charge in [-0.3, -0.25) is 4.79 Å². The van der Waals surface area contributed by atoms with E-state index in [9.17, 15) is 9.59 Å². The van der Waals surface area contributed by atoms with Crippen LogP contribution < -0.4 is 5.32 Å². The number of carboxylic acid groups (broad SMARTS) is 1. The Kier molecular flexibility index (Phi) is 9.86. The molecule has 0 heterocycles. The lowest BCUT2D eigenvalue weighted by Crippen LogP contribution is -2.39. The summed E-state index contributed by atoms with van der Waals surface area (Å²) in [6, 6.07) is -0.0428. The molecule has 1 atom stereocenters. The molecule has 0 rings (SSSR count). The summed E-state index contributed by atoms with van der Waals surface area (Å²) in [5.74, 6) is 0.207. The summed E-state index contributed by atoms with van der Waals surface area (Å²) in [4.78, 5) is 24.1. The molecule has 0 aromatic heterocycles. The van der Waals surface area contributed by atoms with Crippen molar-refractivity contribution >= 4 is 12.0 Å². The van der Waals surface area contributed by atoms with E-state index >= 15 is 0 Å². The van der Waals surface area contributed by atoms with E-state index in [-0.39, 0.29) is 12.5 Å². The van der Waals surface area contributed by atoms with Gasteiger partial charge in [0, 0.05) is 26.6 Å². The molecule has 2 amide bonds. The van der Waals surface area contributed by atoms with Crippen molar-refractivity contribution in [3.05, 3.63) is 0 Å². The van der Waals surface area contributed by atoms with Crippen LogP contribution in [0.5, 0.6) is 0 Å². The first-order chi connectivity index (χ1) is 9.36. The fourth-order valence-corrected chi connectivity index (χ4v) is 1.95. The predicted molar refractivity (Wildman–Crippen MR) is 80.8 cm³/mol. The molecule has 0 aliphatic carbocycles. The number of carbonyl (C=O) groups is 2. The van der Waals surface area contributed by atoms with Crippen LogP contribution in [0.15, 0.2) is 0 Å². The van der Waals surface area contributed by atoms with Crippen LogP contribution in [0.3, 0.4) is 0 Å². The zero-order valence-corrected chi connectivity index (χ0v) is 13.3. The highest BCUT2D eigenvalue weighted by Crippen LogP contribution is 2.14. The smallest absolute Gasteiger partial charge is 0.317 e. The second kappa shape index (κ2) is 10.5. The monoisotopic (exact) mass is 286 g/mol. The lowest BCUT2D eigenvalue weighted by Gasteiger charge is -2.20. The molecule has 0 saturated heterocycles. The van der Waals surface area contributed by atoms with E-state index < -0.39 is 5.97 Å². The van der Waals surface area contributed by atoms with Crippen molar-refractivity contribution in [2.75, 3.05) is 20.1 Å². The van der Waals surface area contributed by atoms with E-state index in [0.717, 1.165) is 25.8 Å². The Balaban J connectivity index is 3.84. The van der Waals surface area contributed by atoms with Crippen molar-refractivity contribution in [2.45, 2.75) is 52.9 Å². The second-order valence-electron chi connectivity index (χ2n) is 5.83. The Bertz CT molecular complexity index is 293. The molecular formula is C15H30N2O3. The predicted octanol–water partition coefficient (Wildman–Crippen LogP) is 2.96. The van der Waals surface area contributed by atoms with Crippen molar-refractivity contribution in [3.8, 4) is 0 Å². The normalized spacial score (nSPS) is 12.2. The number of nitrogens with zero attached hydrogens (tertiary/aromatic N) is 1. The molecule has 1 unspecified atom stereocenters. The van der Waals surface area contributed by atoms with E-state index in [1.54, 1.807) is 11.9 Å². The van der Waals surface area contributed by atoms with Gasteiger partial charge in [0.2, 0.25) is 0 Å². The number of urea groups is 1. The fraction of sp³-hybridized carbons (Fsp3) is 0.867. The molecule has 0 radical (unpaired) electrons. The van der Waals surface area contributed by atoms with Gasteiger partial charge in [-0.1, -0.05) is 27.2 Å². The Morgan fingerprint density at radius 3 is 2.35 bits per heavy atom. The first-order valence-electron chi connectivity index (χ1n) is 7.57. The Labute approximate surface area is 122 Å². The first-order valence-corrected chi connectivity index (χ1v) is 7.57. The number of hydrogen-bond donors (Lipinski definition) is 2. The molecule has 0 aliphatic heterocycles. The molecule has 0 saturated carbocycles. The molecular weight excluding hydrogens is 256 g/mol. The van der Waals surface area contributed by atoms with Crippen LogP contribution in [0.4, 0.5) is 4.79 Å². The first kappa shape index (κ1) is 18.7. The lowest BCUT2D eigenvalue weighted by molar-refractivity contribution is -0.137. The number of hydrogen-bond acceptors (Lipinski definition) is 2. The van der Waals surface area contributed by atoms with Gasteiger partial charge in [0.25, 0.3) is 0 Å². The number of rotatable bonds is 10. The molecule has 5 nitrogen and oxygen atoms in total. The zero-order valence-electron chi connectivity index (χ0n) is 13.3. The molecule has 0 spiro atoms. The largest absolute Gasteiger partial charge is 0.481 e. The standard InChI is InChI=1S/C15H30N2O3/c1-5-13(6-7-14(18)19)8-10-16-15(20)17(4)11-9-12(2)3/h12-13H,5-11H2,1-4H3,(H,16,20)(H,18,19). The highest BCUT2D eigenvalue weighted by atomic mass is 16.4. The third-order valence-corrected chi connectivity index (χ3v) is 3.56. The molecule has 0 fully saturated rings. The van der Waals surface area contributed by atoms with Gasteiger partial charge < -0.3 is 15.3 Å². The quantitative estimate of drug-likeness (QED) is 0.648. The summed E-state index contributed by atoms with van der Waals surface area (Å²) in [5.41, 5.74) is 0. The Hall–Kier alpha value is -1.26. The number of carbonyl (C=O) groups excluding carboxylic acids is 1. The molecule has 0 aromatic rings. The second-order valence-corrected chi connectivity index (χ2v) is 5.83. The van der Waals surface area contributed by atoms with Gasteiger partial charge in [-0.2, -0.15) is 0 Å². The summed E-state index contributed by atoms with van der Waals surface area (Å²) in [6.45, 7) is 7.71. The maximum absolute atomic E-state index is 11.8. The van der Waals surface area contributed by atoms with Crippen molar-refractivity contribution in [3.63, 3.8) is 0 Å². The summed E-state index contributed by atoms with van der Waals surface area (Å²) in [5, 5.41) is 11.6. The maximum Gasteiger partial charge on any atom is 0.317 e. The fourth-order valence-electron chi connectivity index (χ4n) is 1.95. The van der Waals surface area contributed by atoms with Crippen molar-refractivity contribution in [1.29, 1.82) is 0 Å². The third kappa shape index (κ3) is 9.64. The van der Waals surface area contributed by atoms with Gasteiger partial charge in [0.05, 0.1) is 0 Å². The average Bonchev–Trinajstić information content (AvgIpc) is 2.39. The van der Waals surface area contributed by atoms with E-state index in [1.165, 1.54) is 0 Å². The summed E-state index contributed by atoms with van der Waals surface area (Å²) < 4.78 is 0. The van der Waals surface area contributed by atoms with Crippen molar-refractivity contribution < 1.29 is 14.7 Å². The SMILES string of the molecule is CCC(CCNC(=O)N(C)CCC(C)C)CCC(=O)O. The Morgan fingerprint density at radius 1 is 1.20 bits per heavy atom. The van der Waals surface area contributed by atoms with Crippen LogP contribution in [0.25, 0.3) is 0 Å². The van der Waals surface area contributed by atoms with Gasteiger partial charge in [-0.05, 0) is 31.1 Å². The molecule has 2 N–H and O–H groups in total. The summed E-state index contributed by atoms with van der Waals surface area (Å²) >= 11 is 0. The van der Waals surface area contributed by atoms with Gasteiger partial charge >= 0.3 is 12.0 Å². The average molecular weight is 286 g/mol. The zero-order chi connectivity index (χ0) is 15.5. The topological polar surface area (TPSA) is 69.6 Å². The van der Waals surface area contributed by atoms with Crippen LogP contribution in [0.1, 0.15) is 52.9 Å². The molecule has 118 valence electrons. The van der Waals surface area contributed by atoms with Crippen LogP contribution in [-0.2, 0) is 4.79 Å². The molecule has 0 bridgehead atoms. The number of amides is 2. The molecule has 5 heteroatoms. The van der Waals surface area contributed by atoms with E-state index in [2.05, 4.69) is 26.1 Å². The highest BCUT2D eigenvalue weighted by Gasteiger charge is 2.11. The third-order valence-electron chi connectivity index (χ3n) is 3.56. The molecule has 20 heavy (non-hydrogen) atoms. The minimum atomic E-state index is -0.749. The van der Waals surface area contributed by atoms with Crippen LogP contribution in [-0.4, -0.2) is 42.1 Å². The molecule has 0 aliphatic rings. The van der Waals surface area contributed by atoms with Crippen LogP contribution >= 0.6 is 0 Å². The van der Waals surface area contributed by atoms with E-state index in [1.807, 2.05) is 0 Å². The Morgan fingerprint density at radius 2 is 1.85 bits per heavy atom. The minimum absolute atomic E-state index is 0.0428. The van der Waals surface area contributed by atoms with Gasteiger partial charge in [0.1, 0.15) is 0 Å². The molecule has 0 aromatic carbocycles. The number of nitrogens with one attached hydrogen (secondary N) is 1. The van der Waals surface area contributed by atoms with Gasteiger partial charge in [-0.15, -0.1) is 0 Å². The van der Waals surface area contributed by atoms with Crippen LogP contribution in [0, 0.1) is 11.8 Å². The van der Waals surface area contributed by atoms with E-state index in [0.29, 0.717) is 24.8 Å². The lowest BCUT2D eigenvalue weighted by atomic mass is 9.97. The highest BCUT2D eigenvalue weighted by molar-refractivity contribution is 5.73. The van der Waals surface area contributed by atoms with Crippen LogP contribution in [0.2, 0.25) is 0 Å². The van der Waals surface area contributed by atoms with E-state index in [4.69, 9.17) is 5.11 Å². The van der Waals surface area contributed by atoms with Crippen molar-refractivity contribution in [1.82, 2.24) is 10.2 Å². The van der Waals surface area contributed by atoms with Crippen molar-refractivity contribution in [2.24, 2.45) is 11.8 Å². The number of aliphatic carboxylic acids is 1. The summed E-state index contributed by atoms with van der Waals surface area (Å²) in [6.07, 6.45) is 3.69.